The fourth-order valence-electron chi connectivity index (χ4n) is 5.46. The van der Waals surface area contributed by atoms with Gasteiger partial charge in [-0.25, -0.2) is 8.42 Å². The zero-order valence-electron chi connectivity index (χ0n) is 29.4. The van der Waals surface area contributed by atoms with E-state index in [9.17, 15) is 18.0 Å². The van der Waals surface area contributed by atoms with E-state index >= 15 is 0 Å². The van der Waals surface area contributed by atoms with Gasteiger partial charge in [0.2, 0.25) is 11.8 Å². The highest BCUT2D eigenvalue weighted by Gasteiger charge is 2.36. The number of anilines is 1. The Kier molecular flexibility index (Phi) is 14.0. The molecule has 0 saturated carbocycles. The summed E-state index contributed by atoms with van der Waals surface area (Å²) in [6.45, 7) is 1.74. The molecule has 1 atom stereocenters. The van der Waals surface area contributed by atoms with E-state index in [1.165, 1.54) is 57.6 Å². The van der Waals surface area contributed by atoms with Crippen molar-refractivity contribution in [3.8, 4) is 23.0 Å². The zero-order chi connectivity index (χ0) is 37.0. The van der Waals surface area contributed by atoms with Crippen molar-refractivity contribution in [2.75, 3.05) is 45.8 Å². The van der Waals surface area contributed by atoms with Crippen LogP contribution < -0.4 is 28.6 Å². The molecular weight excluding hydrogens is 694 g/mol. The molecule has 0 radical (unpaired) electrons. The summed E-state index contributed by atoms with van der Waals surface area (Å²) in [7, 11) is 1.18. The maximum Gasteiger partial charge on any atom is 0.265 e. The number of ether oxygens (including phenoxy) is 4. The molecule has 0 aliphatic rings. The van der Waals surface area contributed by atoms with Gasteiger partial charge >= 0.3 is 0 Å². The fraction of sp³-hybridized carbons (Fsp3) is 0.316. The second-order valence-corrected chi connectivity index (χ2v) is 13.9. The second kappa shape index (κ2) is 18.3. The Balaban J connectivity index is 1.88. The Hall–Kier alpha value is -4.94. The van der Waals surface area contributed by atoms with E-state index in [4.69, 9.17) is 30.5 Å². The summed E-state index contributed by atoms with van der Waals surface area (Å²) in [6.07, 6.45) is 1.80. The molecule has 0 unspecified atom stereocenters. The van der Waals surface area contributed by atoms with Crippen LogP contribution in [0.2, 0.25) is 5.02 Å². The van der Waals surface area contributed by atoms with Gasteiger partial charge < -0.3 is 29.2 Å². The predicted molar refractivity (Wildman–Crippen MR) is 197 cm³/mol. The van der Waals surface area contributed by atoms with E-state index in [-0.39, 0.29) is 41.0 Å². The lowest BCUT2D eigenvalue weighted by molar-refractivity contribution is -0.140. The van der Waals surface area contributed by atoms with Gasteiger partial charge in [-0.15, -0.1) is 0 Å². The SMILES string of the molecule is CCCCNC(=O)[C@@H](Cc1ccccc1)N(Cc1ccc(Cl)cc1)C(=O)CN(c1cc(OC)ccc1OC)S(=O)(=O)c1ccc(OC)c(OC)c1. The molecule has 0 aliphatic carbocycles. The Morgan fingerprint density at radius 2 is 1.45 bits per heavy atom. The van der Waals surface area contributed by atoms with Gasteiger partial charge in [-0.05, 0) is 53.9 Å². The summed E-state index contributed by atoms with van der Waals surface area (Å²) in [4.78, 5) is 30.0. The van der Waals surface area contributed by atoms with Crippen LogP contribution in [0, 0.1) is 0 Å². The number of benzene rings is 4. The maximum atomic E-state index is 14.8. The first kappa shape index (κ1) is 38.9. The number of hydrogen-bond donors (Lipinski definition) is 1. The molecule has 51 heavy (non-hydrogen) atoms. The number of nitrogens with zero attached hydrogens (tertiary/aromatic N) is 2. The molecule has 0 heterocycles. The van der Waals surface area contributed by atoms with Crippen LogP contribution in [0.5, 0.6) is 23.0 Å². The van der Waals surface area contributed by atoms with Crippen LogP contribution in [0.4, 0.5) is 5.69 Å². The normalized spacial score (nSPS) is 11.6. The topological polar surface area (TPSA) is 124 Å². The predicted octanol–water partition coefficient (Wildman–Crippen LogP) is 6.13. The second-order valence-electron chi connectivity index (χ2n) is 11.6. The van der Waals surface area contributed by atoms with Gasteiger partial charge in [-0.2, -0.15) is 0 Å². The molecule has 0 fully saturated rings. The smallest absolute Gasteiger partial charge is 0.265 e. The zero-order valence-corrected chi connectivity index (χ0v) is 31.0. The van der Waals surface area contributed by atoms with Crippen molar-refractivity contribution in [2.24, 2.45) is 0 Å². The minimum atomic E-state index is -4.50. The van der Waals surface area contributed by atoms with Crippen LogP contribution >= 0.6 is 11.6 Å². The number of rotatable bonds is 18. The van der Waals surface area contributed by atoms with Crippen LogP contribution in [0.15, 0.2) is 95.9 Å². The number of amides is 2. The maximum absolute atomic E-state index is 14.8. The first-order valence-electron chi connectivity index (χ1n) is 16.4. The van der Waals surface area contributed by atoms with Crippen molar-refractivity contribution >= 4 is 39.1 Å². The average Bonchev–Trinajstić information content (AvgIpc) is 3.15. The highest BCUT2D eigenvalue weighted by atomic mass is 35.5. The number of carbonyl (C=O) groups is 2. The minimum Gasteiger partial charge on any atom is -0.497 e. The summed E-state index contributed by atoms with van der Waals surface area (Å²) in [6, 6.07) is 24.1. The van der Waals surface area contributed by atoms with Crippen molar-refractivity contribution in [1.29, 1.82) is 0 Å². The van der Waals surface area contributed by atoms with Crippen LogP contribution in [-0.4, -0.2) is 72.7 Å². The summed E-state index contributed by atoms with van der Waals surface area (Å²) >= 11 is 6.18. The van der Waals surface area contributed by atoms with Crippen LogP contribution in [-0.2, 0) is 32.6 Å². The minimum absolute atomic E-state index is 0.00576. The van der Waals surface area contributed by atoms with E-state index in [0.717, 1.165) is 22.7 Å². The molecule has 0 bridgehead atoms. The number of sulfonamides is 1. The number of methoxy groups -OCH3 is 4. The van der Waals surface area contributed by atoms with Crippen molar-refractivity contribution in [1.82, 2.24) is 10.2 Å². The van der Waals surface area contributed by atoms with Gasteiger partial charge in [0.05, 0.1) is 39.0 Å². The fourth-order valence-corrected chi connectivity index (χ4v) is 7.01. The van der Waals surface area contributed by atoms with E-state index < -0.39 is 28.5 Å². The molecule has 0 aromatic heterocycles. The monoisotopic (exact) mass is 737 g/mol. The number of unbranched alkanes of at least 4 members (excludes halogenated alkanes) is 1. The highest BCUT2D eigenvalue weighted by molar-refractivity contribution is 7.92. The third kappa shape index (κ3) is 9.86. The molecule has 272 valence electrons. The Morgan fingerprint density at radius 1 is 0.784 bits per heavy atom. The molecule has 0 aliphatic heterocycles. The molecule has 4 rings (SSSR count). The molecule has 4 aromatic carbocycles. The molecule has 13 heteroatoms. The third-order valence-corrected chi connectivity index (χ3v) is 10.3. The third-order valence-electron chi connectivity index (χ3n) is 8.24. The Morgan fingerprint density at radius 3 is 2.08 bits per heavy atom. The molecule has 0 saturated heterocycles. The van der Waals surface area contributed by atoms with Gasteiger partial charge in [0.1, 0.15) is 24.1 Å². The lowest BCUT2D eigenvalue weighted by Crippen LogP contribution is -2.53. The first-order chi connectivity index (χ1) is 24.6. The number of nitrogens with one attached hydrogen (secondary N) is 1. The lowest BCUT2D eigenvalue weighted by atomic mass is 10.0. The molecule has 0 spiro atoms. The lowest BCUT2D eigenvalue weighted by Gasteiger charge is -2.34. The number of hydrogen-bond acceptors (Lipinski definition) is 8. The largest absolute Gasteiger partial charge is 0.497 e. The number of carbonyl (C=O) groups excluding carboxylic acids is 2. The van der Waals surface area contributed by atoms with E-state index in [2.05, 4.69) is 5.32 Å². The van der Waals surface area contributed by atoms with Crippen LogP contribution in [0.3, 0.4) is 0 Å². The van der Waals surface area contributed by atoms with Crippen molar-refractivity contribution in [3.63, 3.8) is 0 Å². The summed E-state index contributed by atoms with van der Waals surface area (Å²) in [5.74, 6) is 0.0212. The molecule has 1 N–H and O–H groups in total. The van der Waals surface area contributed by atoms with Gasteiger partial charge in [0, 0.05) is 36.7 Å². The first-order valence-corrected chi connectivity index (χ1v) is 18.2. The number of halogens is 1. The van der Waals surface area contributed by atoms with E-state index in [1.807, 2.05) is 37.3 Å². The summed E-state index contributed by atoms with van der Waals surface area (Å²) < 4.78 is 52.1. The van der Waals surface area contributed by atoms with Crippen LogP contribution in [0.25, 0.3) is 0 Å². The van der Waals surface area contributed by atoms with Crippen molar-refractivity contribution < 1.29 is 37.0 Å². The van der Waals surface area contributed by atoms with Gasteiger partial charge in [0.25, 0.3) is 10.0 Å². The summed E-state index contributed by atoms with van der Waals surface area (Å²) in [5, 5.41) is 3.49. The van der Waals surface area contributed by atoms with Gasteiger partial charge in [-0.3, -0.25) is 13.9 Å². The molecule has 11 nitrogen and oxygen atoms in total. The van der Waals surface area contributed by atoms with Crippen LogP contribution in [0.1, 0.15) is 30.9 Å². The van der Waals surface area contributed by atoms with E-state index in [1.54, 1.807) is 36.4 Å². The molecular formula is C38H44ClN3O8S. The molecule has 2 amide bonds. The Labute approximate surface area is 305 Å². The Bertz CT molecular complexity index is 1870. The standard InChI is InChI=1S/C38H44ClN3O8S/c1-6-7-21-40-38(44)33(22-27-11-9-8-10-12-27)41(25-28-13-15-29(39)16-14-28)37(43)26-42(32-23-30(47-2)17-19-34(32)48-3)51(45,46)31-18-20-35(49-4)36(24-31)50-5/h8-20,23-24,33H,6-7,21-22,25-26H2,1-5H3,(H,40,44)/t33-/m1/s1. The average molecular weight is 738 g/mol. The molecule has 4 aromatic rings. The van der Waals surface area contributed by atoms with Gasteiger partial charge in [0.15, 0.2) is 11.5 Å². The van der Waals surface area contributed by atoms with Crippen molar-refractivity contribution in [3.05, 3.63) is 107 Å². The van der Waals surface area contributed by atoms with E-state index in [0.29, 0.717) is 28.6 Å². The van der Waals surface area contributed by atoms with Crippen molar-refractivity contribution in [2.45, 2.75) is 43.7 Å². The summed E-state index contributed by atoms with van der Waals surface area (Å²) in [5.41, 5.74) is 1.57. The highest BCUT2D eigenvalue weighted by Crippen LogP contribution is 2.38. The quantitative estimate of drug-likeness (QED) is 0.121. The van der Waals surface area contributed by atoms with Gasteiger partial charge in [-0.1, -0.05) is 67.4 Å².